The lowest BCUT2D eigenvalue weighted by Crippen LogP contribution is -1.94. The molecule has 0 unspecified atom stereocenters. The normalized spacial score (nSPS) is 10.7. The summed E-state index contributed by atoms with van der Waals surface area (Å²) in [5, 5.41) is 14.9. The van der Waals surface area contributed by atoms with Crippen molar-refractivity contribution in [3.8, 4) is 0 Å². The maximum absolute atomic E-state index is 10.7. The molecule has 0 aliphatic heterocycles. The van der Waals surface area contributed by atoms with Crippen LogP contribution in [0.5, 0.6) is 0 Å². The summed E-state index contributed by atoms with van der Waals surface area (Å²) in [6.45, 7) is 0. The molecule has 0 spiro atoms. The minimum absolute atomic E-state index is 0.00339. The SMILES string of the molecule is O=[N+]([O-])c1ccc2nc(Cc3ccccc3)nn2c1. The van der Waals surface area contributed by atoms with E-state index in [1.165, 1.54) is 16.8 Å². The molecule has 0 aliphatic rings. The lowest BCUT2D eigenvalue weighted by Gasteiger charge is -1.94. The van der Waals surface area contributed by atoms with Crippen LogP contribution < -0.4 is 0 Å². The van der Waals surface area contributed by atoms with Crippen LogP contribution >= 0.6 is 0 Å². The van der Waals surface area contributed by atoms with Crippen LogP contribution in [0.15, 0.2) is 48.7 Å². The quantitative estimate of drug-likeness (QED) is 0.530. The number of rotatable bonds is 3. The van der Waals surface area contributed by atoms with Crippen LogP contribution in [0.3, 0.4) is 0 Å². The molecule has 0 saturated carbocycles. The van der Waals surface area contributed by atoms with Gasteiger partial charge in [0.2, 0.25) is 0 Å². The Balaban J connectivity index is 1.95. The molecule has 0 bridgehead atoms. The van der Waals surface area contributed by atoms with Crippen molar-refractivity contribution in [1.82, 2.24) is 14.6 Å². The van der Waals surface area contributed by atoms with Crippen molar-refractivity contribution in [2.45, 2.75) is 6.42 Å². The molecule has 0 atom stereocenters. The number of nitro groups is 1. The molecule has 0 radical (unpaired) electrons. The highest BCUT2D eigenvalue weighted by Gasteiger charge is 2.09. The van der Waals surface area contributed by atoms with Gasteiger partial charge >= 0.3 is 0 Å². The number of pyridine rings is 1. The lowest BCUT2D eigenvalue weighted by atomic mass is 10.1. The second-order valence-corrected chi connectivity index (χ2v) is 4.14. The number of nitrogens with zero attached hydrogens (tertiary/aromatic N) is 4. The van der Waals surface area contributed by atoms with Gasteiger partial charge in [-0.15, -0.1) is 0 Å². The molecule has 0 aliphatic carbocycles. The minimum Gasteiger partial charge on any atom is -0.258 e. The van der Waals surface area contributed by atoms with E-state index in [0.29, 0.717) is 17.9 Å². The topological polar surface area (TPSA) is 73.3 Å². The van der Waals surface area contributed by atoms with Gasteiger partial charge in [0.1, 0.15) is 6.20 Å². The van der Waals surface area contributed by atoms with Crippen molar-refractivity contribution < 1.29 is 4.92 Å². The zero-order chi connectivity index (χ0) is 13.2. The first-order valence-electron chi connectivity index (χ1n) is 5.76. The van der Waals surface area contributed by atoms with Gasteiger partial charge in [0.05, 0.1) is 4.92 Å². The van der Waals surface area contributed by atoms with E-state index in [2.05, 4.69) is 10.1 Å². The average molecular weight is 254 g/mol. The third-order valence-corrected chi connectivity index (χ3v) is 2.78. The average Bonchev–Trinajstić information content (AvgIpc) is 2.80. The third kappa shape index (κ3) is 2.28. The van der Waals surface area contributed by atoms with Gasteiger partial charge in [-0.25, -0.2) is 9.50 Å². The van der Waals surface area contributed by atoms with Crippen molar-refractivity contribution in [1.29, 1.82) is 0 Å². The Kier molecular flexibility index (Phi) is 2.68. The van der Waals surface area contributed by atoms with Gasteiger partial charge in [0.15, 0.2) is 11.5 Å². The predicted octanol–water partition coefficient (Wildman–Crippen LogP) is 2.23. The summed E-state index contributed by atoms with van der Waals surface area (Å²) in [6, 6.07) is 12.9. The summed E-state index contributed by atoms with van der Waals surface area (Å²) < 4.78 is 1.44. The Morgan fingerprint density at radius 1 is 1.16 bits per heavy atom. The molecule has 0 amide bonds. The van der Waals surface area contributed by atoms with Crippen molar-refractivity contribution in [2.75, 3.05) is 0 Å². The Hall–Kier alpha value is -2.76. The molecule has 3 rings (SSSR count). The molecular formula is C13H10N4O2. The fraction of sp³-hybridized carbons (Fsp3) is 0.0769. The number of hydrogen-bond acceptors (Lipinski definition) is 4. The van der Waals surface area contributed by atoms with Gasteiger partial charge in [-0.05, 0) is 11.6 Å². The summed E-state index contributed by atoms with van der Waals surface area (Å²) in [7, 11) is 0. The largest absolute Gasteiger partial charge is 0.287 e. The zero-order valence-corrected chi connectivity index (χ0v) is 9.93. The summed E-state index contributed by atoms with van der Waals surface area (Å²) >= 11 is 0. The highest BCUT2D eigenvalue weighted by atomic mass is 16.6. The van der Waals surface area contributed by atoms with Gasteiger partial charge in [-0.1, -0.05) is 30.3 Å². The molecule has 2 aromatic heterocycles. The first kappa shape index (κ1) is 11.3. The molecule has 19 heavy (non-hydrogen) atoms. The number of fused-ring (bicyclic) bond motifs is 1. The van der Waals surface area contributed by atoms with Crippen molar-refractivity contribution in [3.05, 3.63) is 70.2 Å². The maximum Gasteiger partial charge on any atom is 0.287 e. The van der Waals surface area contributed by atoms with Crippen molar-refractivity contribution >= 4 is 11.3 Å². The summed E-state index contributed by atoms with van der Waals surface area (Å²) in [5.41, 5.74) is 1.72. The van der Waals surface area contributed by atoms with E-state index in [-0.39, 0.29) is 5.69 Å². The Labute approximate surface area is 108 Å². The van der Waals surface area contributed by atoms with Crippen LogP contribution in [0, 0.1) is 10.1 Å². The van der Waals surface area contributed by atoms with E-state index in [1.54, 1.807) is 6.07 Å². The summed E-state index contributed by atoms with van der Waals surface area (Å²) in [4.78, 5) is 14.6. The molecular weight excluding hydrogens is 244 g/mol. The van der Waals surface area contributed by atoms with Crippen molar-refractivity contribution in [2.24, 2.45) is 0 Å². The summed E-state index contributed by atoms with van der Waals surface area (Å²) in [5.74, 6) is 0.645. The van der Waals surface area contributed by atoms with Gasteiger partial charge in [0.25, 0.3) is 5.69 Å². The Morgan fingerprint density at radius 2 is 1.95 bits per heavy atom. The van der Waals surface area contributed by atoms with E-state index >= 15 is 0 Å². The van der Waals surface area contributed by atoms with E-state index in [1.807, 2.05) is 30.3 Å². The highest BCUT2D eigenvalue weighted by Crippen LogP contribution is 2.13. The number of aromatic nitrogens is 3. The van der Waals surface area contributed by atoms with Crippen molar-refractivity contribution in [3.63, 3.8) is 0 Å². The van der Waals surface area contributed by atoms with Crippen LogP contribution in [0.4, 0.5) is 5.69 Å². The fourth-order valence-electron chi connectivity index (χ4n) is 1.88. The maximum atomic E-state index is 10.7. The zero-order valence-electron chi connectivity index (χ0n) is 9.93. The molecule has 3 aromatic rings. The second kappa shape index (κ2) is 4.49. The molecule has 1 aromatic carbocycles. The van der Waals surface area contributed by atoms with Crippen LogP contribution in [0.25, 0.3) is 5.65 Å². The molecule has 2 heterocycles. The van der Waals surface area contributed by atoms with E-state index in [4.69, 9.17) is 0 Å². The lowest BCUT2D eigenvalue weighted by molar-refractivity contribution is -0.385. The number of benzene rings is 1. The smallest absolute Gasteiger partial charge is 0.258 e. The Bertz CT molecular complexity index is 737. The van der Waals surface area contributed by atoms with E-state index in [9.17, 15) is 10.1 Å². The van der Waals surface area contributed by atoms with Crippen LogP contribution in [0.2, 0.25) is 0 Å². The molecule has 0 N–H and O–H groups in total. The molecule has 0 saturated heterocycles. The molecule has 6 heteroatoms. The van der Waals surface area contributed by atoms with Crippen LogP contribution in [0.1, 0.15) is 11.4 Å². The van der Waals surface area contributed by atoms with Gasteiger partial charge in [-0.2, -0.15) is 5.10 Å². The molecule has 6 nitrogen and oxygen atoms in total. The monoisotopic (exact) mass is 254 g/mol. The number of hydrogen-bond donors (Lipinski definition) is 0. The minimum atomic E-state index is -0.446. The predicted molar refractivity (Wildman–Crippen MR) is 68.9 cm³/mol. The fourth-order valence-corrected chi connectivity index (χ4v) is 1.88. The third-order valence-electron chi connectivity index (χ3n) is 2.78. The molecule has 94 valence electrons. The highest BCUT2D eigenvalue weighted by molar-refractivity contribution is 5.43. The Morgan fingerprint density at radius 3 is 2.68 bits per heavy atom. The standard InChI is InChI=1S/C13H10N4O2/c18-17(19)11-6-7-13-14-12(15-16(13)9-11)8-10-4-2-1-3-5-10/h1-7,9H,8H2. The summed E-state index contributed by atoms with van der Waals surface area (Å²) in [6.07, 6.45) is 1.98. The van der Waals surface area contributed by atoms with E-state index in [0.717, 1.165) is 5.56 Å². The first-order chi connectivity index (χ1) is 9.22. The molecule has 0 fully saturated rings. The first-order valence-corrected chi connectivity index (χ1v) is 5.76. The van der Waals surface area contributed by atoms with Gasteiger partial charge < -0.3 is 0 Å². The van der Waals surface area contributed by atoms with Gasteiger partial charge in [0, 0.05) is 12.5 Å². The van der Waals surface area contributed by atoms with E-state index < -0.39 is 4.92 Å². The van der Waals surface area contributed by atoms with Crippen LogP contribution in [-0.2, 0) is 6.42 Å². The van der Waals surface area contributed by atoms with Gasteiger partial charge in [-0.3, -0.25) is 10.1 Å². The second-order valence-electron chi connectivity index (χ2n) is 4.14. The van der Waals surface area contributed by atoms with Crippen LogP contribution in [-0.4, -0.2) is 19.5 Å².